The highest BCUT2D eigenvalue weighted by Gasteiger charge is 2.23. The lowest BCUT2D eigenvalue weighted by molar-refractivity contribution is 0.0860. The summed E-state index contributed by atoms with van der Waals surface area (Å²) in [6.45, 7) is 3.35. The van der Waals surface area contributed by atoms with Crippen LogP contribution in [-0.2, 0) is 11.2 Å². The lowest BCUT2D eigenvalue weighted by Crippen LogP contribution is -2.46. The quantitative estimate of drug-likeness (QED) is 0.884. The molecule has 0 radical (unpaired) electrons. The summed E-state index contributed by atoms with van der Waals surface area (Å²) >= 11 is 0. The van der Waals surface area contributed by atoms with Crippen LogP contribution in [0.3, 0.4) is 0 Å². The first-order valence-corrected chi connectivity index (χ1v) is 7.81. The molecule has 6 nitrogen and oxygen atoms in total. The number of hydrogen-bond acceptors (Lipinski definition) is 3. The highest BCUT2D eigenvalue weighted by atomic mass is 16.5. The molecule has 1 saturated heterocycles. The highest BCUT2D eigenvalue weighted by Crippen LogP contribution is 2.15. The first kappa shape index (κ1) is 14.8. The van der Waals surface area contributed by atoms with Crippen LogP contribution in [0.2, 0.25) is 0 Å². The molecule has 0 bridgehead atoms. The number of nitrogens with zero attached hydrogens (tertiary/aromatic N) is 2. The highest BCUT2D eigenvalue weighted by molar-refractivity contribution is 5.74. The van der Waals surface area contributed by atoms with E-state index < -0.39 is 0 Å². The summed E-state index contributed by atoms with van der Waals surface area (Å²) in [5.74, 6) is 0. The van der Waals surface area contributed by atoms with Gasteiger partial charge in [0, 0.05) is 32.0 Å². The Hall–Kier alpha value is -2.08. The summed E-state index contributed by atoms with van der Waals surface area (Å²) in [6.07, 6.45) is 6.90. The molecule has 2 atom stereocenters. The Balaban J connectivity index is 1.43. The standard InChI is InChI=1S/C16H22N4O2/c1-12(14-5-4-10-22-14)18-16(21)17-8-7-13-11-20-9-3-2-6-15(20)19-13/h2-3,6,9,11-12,14H,4-5,7-8,10H2,1H3,(H2,17,18,21)/t12-,14+/m1/s1. The first-order chi connectivity index (χ1) is 10.7. The summed E-state index contributed by atoms with van der Waals surface area (Å²) in [7, 11) is 0. The lowest BCUT2D eigenvalue weighted by Gasteiger charge is -2.20. The smallest absolute Gasteiger partial charge is 0.315 e. The Bertz CT molecular complexity index is 601. The van der Waals surface area contributed by atoms with E-state index in [1.54, 1.807) is 0 Å². The summed E-state index contributed by atoms with van der Waals surface area (Å²) in [5.41, 5.74) is 1.90. The van der Waals surface area contributed by atoms with E-state index in [1.165, 1.54) is 0 Å². The van der Waals surface area contributed by atoms with Crippen LogP contribution in [0.25, 0.3) is 5.65 Å². The summed E-state index contributed by atoms with van der Waals surface area (Å²) in [4.78, 5) is 16.4. The molecule has 1 aliphatic rings. The fourth-order valence-corrected chi connectivity index (χ4v) is 2.76. The van der Waals surface area contributed by atoms with Gasteiger partial charge in [-0.3, -0.25) is 0 Å². The Morgan fingerprint density at radius 1 is 1.55 bits per heavy atom. The molecule has 22 heavy (non-hydrogen) atoms. The molecule has 0 aromatic carbocycles. The number of nitrogens with one attached hydrogen (secondary N) is 2. The van der Waals surface area contributed by atoms with Crippen LogP contribution in [-0.4, -0.2) is 40.7 Å². The van der Waals surface area contributed by atoms with Crippen LogP contribution < -0.4 is 10.6 Å². The van der Waals surface area contributed by atoms with Crippen LogP contribution in [0, 0.1) is 0 Å². The minimum absolute atomic E-state index is 0.0395. The molecule has 1 fully saturated rings. The lowest BCUT2D eigenvalue weighted by atomic mass is 10.1. The van der Waals surface area contributed by atoms with E-state index in [1.807, 2.05) is 41.9 Å². The van der Waals surface area contributed by atoms with Crippen molar-refractivity contribution < 1.29 is 9.53 Å². The molecular weight excluding hydrogens is 280 g/mol. The van der Waals surface area contributed by atoms with Gasteiger partial charge in [0.25, 0.3) is 0 Å². The molecule has 0 unspecified atom stereocenters. The van der Waals surface area contributed by atoms with E-state index in [4.69, 9.17) is 4.74 Å². The van der Waals surface area contributed by atoms with Gasteiger partial charge in [0.15, 0.2) is 0 Å². The molecule has 1 aliphatic heterocycles. The predicted octanol–water partition coefficient (Wildman–Crippen LogP) is 1.74. The largest absolute Gasteiger partial charge is 0.376 e. The zero-order chi connectivity index (χ0) is 15.4. The number of hydrogen-bond donors (Lipinski definition) is 2. The van der Waals surface area contributed by atoms with E-state index in [0.29, 0.717) is 13.0 Å². The van der Waals surface area contributed by atoms with Crippen LogP contribution in [0.15, 0.2) is 30.6 Å². The summed E-state index contributed by atoms with van der Waals surface area (Å²) in [6, 6.07) is 5.79. The molecule has 0 saturated carbocycles. The number of carbonyl (C=O) groups is 1. The van der Waals surface area contributed by atoms with E-state index >= 15 is 0 Å². The van der Waals surface area contributed by atoms with Crippen LogP contribution in [0.1, 0.15) is 25.5 Å². The van der Waals surface area contributed by atoms with E-state index in [2.05, 4.69) is 15.6 Å². The fourth-order valence-electron chi connectivity index (χ4n) is 2.76. The molecule has 0 aliphatic carbocycles. The molecule has 2 amide bonds. The minimum Gasteiger partial charge on any atom is -0.376 e. The first-order valence-electron chi connectivity index (χ1n) is 7.81. The van der Waals surface area contributed by atoms with E-state index in [-0.39, 0.29) is 18.2 Å². The summed E-state index contributed by atoms with van der Waals surface area (Å²) in [5, 5.41) is 5.81. The normalized spacial score (nSPS) is 19.2. The average Bonchev–Trinajstić information content (AvgIpc) is 3.16. The van der Waals surface area contributed by atoms with Crippen molar-refractivity contribution in [1.82, 2.24) is 20.0 Å². The number of fused-ring (bicyclic) bond motifs is 1. The third-order valence-electron chi connectivity index (χ3n) is 3.96. The molecule has 118 valence electrons. The van der Waals surface area contributed by atoms with Crippen molar-refractivity contribution in [2.75, 3.05) is 13.2 Å². The molecular formula is C16H22N4O2. The molecule has 6 heteroatoms. The number of pyridine rings is 1. The second-order valence-corrected chi connectivity index (χ2v) is 5.69. The Morgan fingerprint density at radius 2 is 2.45 bits per heavy atom. The van der Waals surface area contributed by atoms with Crippen molar-refractivity contribution >= 4 is 11.7 Å². The van der Waals surface area contributed by atoms with Gasteiger partial charge in [-0.25, -0.2) is 9.78 Å². The van der Waals surface area contributed by atoms with Gasteiger partial charge in [-0.2, -0.15) is 0 Å². The SMILES string of the molecule is C[C@@H](NC(=O)NCCc1cn2ccccc2n1)[C@@H]1CCCO1. The van der Waals surface area contributed by atoms with Gasteiger partial charge in [0.05, 0.1) is 17.8 Å². The number of aromatic nitrogens is 2. The van der Waals surface area contributed by atoms with Crippen molar-refractivity contribution in [2.24, 2.45) is 0 Å². The van der Waals surface area contributed by atoms with Crippen LogP contribution >= 0.6 is 0 Å². The Kier molecular flexibility index (Phi) is 4.58. The monoisotopic (exact) mass is 302 g/mol. The van der Waals surface area contributed by atoms with Crippen LogP contribution in [0.4, 0.5) is 4.79 Å². The van der Waals surface area contributed by atoms with Gasteiger partial charge in [-0.15, -0.1) is 0 Å². The van der Waals surface area contributed by atoms with Gasteiger partial charge in [0.2, 0.25) is 0 Å². The number of carbonyl (C=O) groups excluding carboxylic acids is 1. The number of imidazole rings is 1. The maximum Gasteiger partial charge on any atom is 0.315 e. The van der Waals surface area contributed by atoms with Crippen molar-refractivity contribution in [3.8, 4) is 0 Å². The zero-order valence-corrected chi connectivity index (χ0v) is 12.8. The predicted molar refractivity (Wildman–Crippen MR) is 83.9 cm³/mol. The maximum absolute atomic E-state index is 11.9. The fraction of sp³-hybridized carbons (Fsp3) is 0.500. The van der Waals surface area contributed by atoms with Gasteiger partial charge in [-0.1, -0.05) is 6.07 Å². The maximum atomic E-state index is 11.9. The number of urea groups is 1. The van der Waals surface area contributed by atoms with Gasteiger partial charge in [-0.05, 0) is 31.9 Å². The second kappa shape index (κ2) is 6.79. The molecule has 2 aromatic rings. The minimum atomic E-state index is -0.147. The number of ether oxygens (including phenoxy) is 1. The number of rotatable bonds is 5. The van der Waals surface area contributed by atoms with Crippen molar-refractivity contribution in [3.63, 3.8) is 0 Å². The topological polar surface area (TPSA) is 67.7 Å². The third kappa shape index (κ3) is 3.57. The number of amides is 2. The van der Waals surface area contributed by atoms with E-state index in [0.717, 1.165) is 30.8 Å². The Morgan fingerprint density at radius 3 is 3.23 bits per heavy atom. The van der Waals surface area contributed by atoms with Gasteiger partial charge >= 0.3 is 6.03 Å². The van der Waals surface area contributed by atoms with Crippen molar-refractivity contribution in [1.29, 1.82) is 0 Å². The van der Waals surface area contributed by atoms with Crippen molar-refractivity contribution in [3.05, 3.63) is 36.3 Å². The van der Waals surface area contributed by atoms with Crippen LogP contribution in [0.5, 0.6) is 0 Å². The summed E-state index contributed by atoms with van der Waals surface area (Å²) < 4.78 is 7.55. The zero-order valence-electron chi connectivity index (χ0n) is 12.8. The van der Waals surface area contributed by atoms with Crippen molar-refractivity contribution in [2.45, 2.75) is 38.3 Å². The third-order valence-corrected chi connectivity index (χ3v) is 3.96. The molecule has 3 rings (SSSR count). The molecule has 2 N–H and O–H groups in total. The van der Waals surface area contributed by atoms with Gasteiger partial charge in [0.1, 0.15) is 5.65 Å². The molecule has 0 spiro atoms. The molecule has 3 heterocycles. The van der Waals surface area contributed by atoms with Gasteiger partial charge < -0.3 is 19.8 Å². The Labute approximate surface area is 129 Å². The van der Waals surface area contributed by atoms with E-state index in [9.17, 15) is 4.79 Å². The average molecular weight is 302 g/mol. The molecule has 2 aromatic heterocycles. The second-order valence-electron chi connectivity index (χ2n) is 5.69.